The number of rotatable bonds is 8. The Morgan fingerprint density at radius 1 is 1.16 bits per heavy atom. The van der Waals surface area contributed by atoms with Crippen molar-refractivity contribution in [2.75, 3.05) is 13.7 Å². The van der Waals surface area contributed by atoms with Crippen LogP contribution in [0.15, 0.2) is 29.3 Å². The maximum Gasteiger partial charge on any atom is 0.191 e. The van der Waals surface area contributed by atoms with Crippen molar-refractivity contribution in [2.24, 2.45) is 23.4 Å². The lowest BCUT2D eigenvalue weighted by Crippen LogP contribution is -2.44. The number of aromatic nitrogens is 3. The van der Waals surface area contributed by atoms with E-state index in [2.05, 4.69) is 46.8 Å². The number of hydrogen-bond donors (Lipinski definition) is 2. The molecule has 0 amide bonds. The molecular formula is C23H37IN6O. The quantitative estimate of drug-likeness (QED) is 0.298. The van der Waals surface area contributed by atoms with Gasteiger partial charge in [0.05, 0.1) is 20.2 Å². The molecule has 0 saturated heterocycles. The fourth-order valence-corrected chi connectivity index (χ4v) is 4.01. The molecule has 1 aromatic carbocycles. The largest absolute Gasteiger partial charge is 0.497 e. The van der Waals surface area contributed by atoms with E-state index in [0.29, 0.717) is 13.1 Å². The SMILES string of the molecule is COc1ccc(CN=C(NCc2nnc(C)n2C)NCC(C)(C)C2CCCC2)cc1.I. The molecule has 31 heavy (non-hydrogen) atoms. The van der Waals surface area contributed by atoms with E-state index in [4.69, 9.17) is 9.73 Å². The van der Waals surface area contributed by atoms with Gasteiger partial charge in [-0.3, -0.25) is 0 Å². The molecular weight excluding hydrogens is 503 g/mol. The fraction of sp³-hybridized carbons (Fsp3) is 0.609. The number of methoxy groups -OCH3 is 1. The molecule has 1 saturated carbocycles. The van der Waals surface area contributed by atoms with Crippen LogP contribution in [0, 0.1) is 18.3 Å². The van der Waals surface area contributed by atoms with Crippen molar-refractivity contribution >= 4 is 29.9 Å². The summed E-state index contributed by atoms with van der Waals surface area (Å²) in [5.74, 6) is 4.22. The van der Waals surface area contributed by atoms with E-state index in [-0.39, 0.29) is 29.4 Å². The van der Waals surface area contributed by atoms with Gasteiger partial charge < -0.3 is 19.9 Å². The second kappa shape index (κ2) is 11.7. The van der Waals surface area contributed by atoms with Crippen molar-refractivity contribution in [1.82, 2.24) is 25.4 Å². The summed E-state index contributed by atoms with van der Waals surface area (Å²) in [6, 6.07) is 8.04. The van der Waals surface area contributed by atoms with E-state index >= 15 is 0 Å². The Kier molecular flexibility index (Phi) is 9.58. The van der Waals surface area contributed by atoms with Crippen LogP contribution >= 0.6 is 24.0 Å². The molecule has 1 aliphatic carbocycles. The van der Waals surface area contributed by atoms with Crippen LogP contribution in [-0.4, -0.2) is 34.4 Å². The number of nitrogens with zero attached hydrogens (tertiary/aromatic N) is 4. The average molecular weight is 540 g/mol. The lowest BCUT2D eigenvalue weighted by molar-refractivity contribution is 0.218. The molecule has 0 atom stereocenters. The third kappa shape index (κ3) is 7.08. The Morgan fingerprint density at radius 3 is 2.42 bits per heavy atom. The lowest BCUT2D eigenvalue weighted by atomic mass is 9.78. The fourth-order valence-electron chi connectivity index (χ4n) is 4.01. The van der Waals surface area contributed by atoms with Crippen molar-refractivity contribution in [3.05, 3.63) is 41.5 Å². The molecule has 2 aromatic rings. The molecule has 0 unspecified atom stereocenters. The van der Waals surface area contributed by atoms with Crippen molar-refractivity contribution < 1.29 is 4.74 Å². The zero-order valence-electron chi connectivity index (χ0n) is 19.4. The second-order valence-corrected chi connectivity index (χ2v) is 8.91. The van der Waals surface area contributed by atoms with Crippen LogP contribution < -0.4 is 15.4 Å². The summed E-state index contributed by atoms with van der Waals surface area (Å²) >= 11 is 0. The molecule has 0 aliphatic heterocycles. The number of aryl methyl sites for hydroxylation is 1. The maximum atomic E-state index is 5.24. The maximum absolute atomic E-state index is 5.24. The normalized spacial score (nSPS) is 14.9. The van der Waals surface area contributed by atoms with E-state index in [1.165, 1.54) is 25.7 Å². The minimum absolute atomic E-state index is 0. The van der Waals surface area contributed by atoms with Crippen molar-refractivity contribution in [3.63, 3.8) is 0 Å². The molecule has 1 aliphatic rings. The highest BCUT2D eigenvalue weighted by molar-refractivity contribution is 14.0. The van der Waals surface area contributed by atoms with Crippen LogP contribution in [0.4, 0.5) is 0 Å². The zero-order chi connectivity index (χ0) is 21.6. The number of benzene rings is 1. The van der Waals surface area contributed by atoms with Gasteiger partial charge in [0.1, 0.15) is 11.6 Å². The van der Waals surface area contributed by atoms with E-state index in [1.807, 2.05) is 30.7 Å². The molecule has 172 valence electrons. The highest BCUT2D eigenvalue weighted by Crippen LogP contribution is 2.38. The van der Waals surface area contributed by atoms with Crippen molar-refractivity contribution in [3.8, 4) is 5.75 Å². The summed E-state index contributed by atoms with van der Waals surface area (Å²) in [5.41, 5.74) is 1.38. The molecule has 2 N–H and O–H groups in total. The van der Waals surface area contributed by atoms with E-state index in [1.54, 1.807) is 7.11 Å². The minimum atomic E-state index is 0. The van der Waals surface area contributed by atoms with Gasteiger partial charge in [0.25, 0.3) is 0 Å². The van der Waals surface area contributed by atoms with Crippen LogP contribution in [0.3, 0.4) is 0 Å². The van der Waals surface area contributed by atoms with Gasteiger partial charge in [-0.25, -0.2) is 4.99 Å². The van der Waals surface area contributed by atoms with Crippen LogP contribution in [0.25, 0.3) is 0 Å². The minimum Gasteiger partial charge on any atom is -0.497 e. The van der Waals surface area contributed by atoms with E-state index < -0.39 is 0 Å². The molecule has 0 spiro atoms. The first-order chi connectivity index (χ1) is 14.4. The predicted octanol–water partition coefficient (Wildman–Crippen LogP) is 4.20. The monoisotopic (exact) mass is 540 g/mol. The first kappa shape index (κ1) is 25.4. The van der Waals surface area contributed by atoms with Gasteiger partial charge in [0.15, 0.2) is 11.8 Å². The summed E-state index contributed by atoms with van der Waals surface area (Å²) in [5, 5.41) is 15.4. The molecule has 7 nitrogen and oxygen atoms in total. The van der Waals surface area contributed by atoms with Gasteiger partial charge in [0.2, 0.25) is 0 Å². The second-order valence-electron chi connectivity index (χ2n) is 8.91. The number of nitrogens with one attached hydrogen (secondary N) is 2. The van der Waals surface area contributed by atoms with Gasteiger partial charge in [-0.1, -0.05) is 38.8 Å². The standard InChI is InChI=1S/C23H36N6O.HI/c1-17-27-28-21(29(17)4)15-25-22(24-14-18-10-12-20(30-5)13-11-18)26-16-23(2,3)19-8-6-7-9-19;/h10-13,19H,6-9,14-16H2,1-5H3,(H2,24,25,26);1H. The van der Waals surface area contributed by atoms with Gasteiger partial charge in [-0.2, -0.15) is 0 Å². The van der Waals surface area contributed by atoms with Gasteiger partial charge in [-0.15, -0.1) is 34.2 Å². The van der Waals surface area contributed by atoms with Crippen LogP contribution in [0.2, 0.25) is 0 Å². The van der Waals surface area contributed by atoms with Crippen LogP contribution in [-0.2, 0) is 20.1 Å². The molecule has 8 heteroatoms. The Hall–Kier alpha value is -1.84. The number of aliphatic imine (C=N–C) groups is 1. The topological polar surface area (TPSA) is 76.4 Å². The molecule has 3 rings (SSSR count). The Balaban J connectivity index is 0.00000341. The molecule has 1 fully saturated rings. The Morgan fingerprint density at radius 2 is 1.84 bits per heavy atom. The first-order valence-corrected chi connectivity index (χ1v) is 10.9. The highest BCUT2D eigenvalue weighted by Gasteiger charge is 2.31. The molecule has 1 heterocycles. The third-order valence-corrected chi connectivity index (χ3v) is 6.35. The van der Waals surface area contributed by atoms with E-state index in [0.717, 1.165) is 41.4 Å². The third-order valence-electron chi connectivity index (χ3n) is 6.35. The zero-order valence-corrected chi connectivity index (χ0v) is 21.8. The first-order valence-electron chi connectivity index (χ1n) is 10.9. The van der Waals surface area contributed by atoms with Gasteiger partial charge >= 0.3 is 0 Å². The lowest BCUT2D eigenvalue weighted by Gasteiger charge is -2.32. The summed E-state index contributed by atoms with van der Waals surface area (Å²) in [4.78, 5) is 4.83. The summed E-state index contributed by atoms with van der Waals surface area (Å²) < 4.78 is 7.24. The number of halogens is 1. The number of ether oxygens (including phenoxy) is 1. The van der Waals surface area contributed by atoms with Crippen LogP contribution in [0.1, 0.15) is 56.7 Å². The predicted molar refractivity (Wildman–Crippen MR) is 136 cm³/mol. The molecule has 0 bridgehead atoms. The average Bonchev–Trinajstić information content (AvgIpc) is 3.40. The molecule has 0 radical (unpaired) electrons. The summed E-state index contributed by atoms with van der Waals surface area (Å²) in [7, 11) is 3.66. The number of hydrogen-bond acceptors (Lipinski definition) is 4. The van der Waals surface area contributed by atoms with Crippen molar-refractivity contribution in [1.29, 1.82) is 0 Å². The summed E-state index contributed by atoms with van der Waals surface area (Å²) in [6.45, 7) is 8.75. The number of guanidine groups is 1. The smallest absolute Gasteiger partial charge is 0.191 e. The Bertz CT molecular complexity index is 840. The Labute approximate surface area is 203 Å². The summed E-state index contributed by atoms with van der Waals surface area (Å²) in [6.07, 6.45) is 5.38. The van der Waals surface area contributed by atoms with Gasteiger partial charge in [0, 0.05) is 13.6 Å². The highest BCUT2D eigenvalue weighted by atomic mass is 127. The van der Waals surface area contributed by atoms with E-state index in [9.17, 15) is 0 Å². The van der Waals surface area contributed by atoms with Crippen LogP contribution in [0.5, 0.6) is 5.75 Å². The molecule has 1 aromatic heterocycles. The van der Waals surface area contributed by atoms with Gasteiger partial charge in [-0.05, 0) is 48.8 Å². The van der Waals surface area contributed by atoms with Crippen molar-refractivity contribution in [2.45, 2.75) is 59.5 Å².